The second-order valence-electron chi connectivity index (χ2n) is 4.86. The van der Waals surface area contributed by atoms with Gasteiger partial charge in [0.05, 0.1) is 13.7 Å². The van der Waals surface area contributed by atoms with E-state index in [0.717, 1.165) is 19.5 Å². The van der Waals surface area contributed by atoms with Crippen LogP contribution < -0.4 is 10.5 Å². The van der Waals surface area contributed by atoms with Crippen LogP contribution in [0.3, 0.4) is 0 Å². The van der Waals surface area contributed by atoms with Crippen LogP contribution in [0.25, 0.3) is 0 Å². The number of nitrogens with two attached hydrogens (primary N) is 1. The third-order valence-electron chi connectivity index (χ3n) is 3.39. The summed E-state index contributed by atoms with van der Waals surface area (Å²) in [4.78, 5) is 14.2. The first-order valence-electron chi connectivity index (χ1n) is 6.36. The predicted molar refractivity (Wildman–Crippen MR) is 73.3 cm³/mol. The lowest BCUT2D eigenvalue weighted by atomic mass is 10.1. The minimum Gasteiger partial charge on any atom is -0.497 e. The molecule has 0 aromatic heterocycles. The molecule has 0 spiro atoms. The van der Waals surface area contributed by atoms with Gasteiger partial charge in [-0.3, -0.25) is 4.79 Å². The van der Waals surface area contributed by atoms with E-state index in [1.807, 2.05) is 4.90 Å². The van der Waals surface area contributed by atoms with Crippen molar-refractivity contribution in [2.75, 3.05) is 39.6 Å². The van der Waals surface area contributed by atoms with E-state index in [1.54, 1.807) is 32.4 Å². The molecule has 1 fully saturated rings. The molecule has 104 valence electrons. The van der Waals surface area contributed by atoms with Gasteiger partial charge in [0.2, 0.25) is 0 Å². The fraction of sp³-hybridized carbons (Fsp3) is 0.500. The lowest BCUT2D eigenvalue weighted by Gasteiger charge is -2.17. The van der Waals surface area contributed by atoms with Gasteiger partial charge < -0.3 is 20.1 Å². The Morgan fingerprint density at radius 2 is 2.21 bits per heavy atom. The van der Waals surface area contributed by atoms with E-state index in [-0.39, 0.29) is 5.91 Å². The molecule has 2 N–H and O–H groups in total. The molecule has 1 atom stereocenters. The Labute approximate surface area is 113 Å². The molecule has 0 radical (unpaired) electrons. The van der Waals surface area contributed by atoms with Crippen LogP contribution in [0.2, 0.25) is 0 Å². The molecule has 0 bridgehead atoms. The van der Waals surface area contributed by atoms with Crippen molar-refractivity contribution in [1.29, 1.82) is 0 Å². The SMILES string of the molecule is COCC1CCN(C(=O)c2cc(N)cc(OC)c2)C1. The molecule has 0 aliphatic carbocycles. The van der Waals surface area contributed by atoms with Crippen LogP contribution in [0.15, 0.2) is 18.2 Å². The molecular weight excluding hydrogens is 244 g/mol. The topological polar surface area (TPSA) is 64.8 Å². The number of carbonyl (C=O) groups excluding carboxylic acids is 1. The van der Waals surface area contributed by atoms with Crippen molar-refractivity contribution >= 4 is 11.6 Å². The standard InChI is InChI=1S/C14H20N2O3/c1-18-9-10-3-4-16(8-10)14(17)11-5-12(15)7-13(6-11)19-2/h5-7,10H,3-4,8-9,15H2,1-2H3. The Morgan fingerprint density at radius 3 is 2.89 bits per heavy atom. The van der Waals surface area contributed by atoms with Crippen molar-refractivity contribution in [3.8, 4) is 5.75 Å². The smallest absolute Gasteiger partial charge is 0.254 e. The second-order valence-corrected chi connectivity index (χ2v) is 4.86. The molecule has 5 nitrogen and oxygen atoms in total. The number of methoxy groups -OCH3 is 2. The zero-order chi connectivity index (χ0) is 13.8. The van der Waals surface area contributed by atoms with E-state index in [2.05, 4.69) is 0 Å². The van der Waals surface area contributed by atoms with Crippen LogP contribution in [0.1, 0.15) is 16.8 Å². The Kier molecular flexibility index (Phi) is 4.27. The van der Waals surface area contributed by atoms with Gasteiger partial charge in [0.1, 0.15) is 5.75 Å². The molecule has 2 rings (SSSR count). The summed E-state index contributed by atoms with van der Waals surface area (Å²) < 4.78 is 10.3. The van der Waals surface area contributed by atoms with Crippen molar-refractivity contribution < 1.29 is 14.3 Å². The highest BCUT2D eigenvalue weighted by molar-refractivity contribution is 5.95. The number of anilines is 1. The van der Waals surface area contributed by atoms with E-state index in [4.69, 9.17) is 15.2 Å². The van der Waals surface area contributed by atoms with Crippen molar-refractivity contribution in [3.05, 3.63) is 23.8 Å². The Morgan fingerprint density at radius 1 is 1.42 bits per heavy atom. The van der Waals surface area contributed by atoms with Gasteiger partial charge in [-0.15, -0.1) is 0 Å². The average molecular weight is 264 g/mol. The summed E-state index contributed by atoms with van der Waals surface area (Å²) >= 11 is 0. The third kappa shape index (κ3) is 3.17. The molecule has 1 aromatic rings. The summed E-state index contributed by atoms with van der Waals surface area (Å²) in [6.07, 6.45) is 0.985. The first kappa shape index (κ1) is 13.7. The van der Waals surface area contributed by atoms with E-state index < -0.39 is 0 Å². The monoisotopic (exact) mass is 264 g/mol. The molecule has 19 heavy (non-hydrogen) atoms. The van der Waals surface area contributed by atoms with Gasteiger partial charge in [-0.05, 0) is 18.6 Å². The van der Waals surface area contributed by atoms with Gasteiger partial charge in [0.15, 0.2) is 0 Å². The van der Waals surface area contributed by atoms with Crippen LogP contribution in [-0.4, -0.2) is 44.7 Å². The van der Waals surface area contributed by atoms with Crippen molar-refractivity contribution in [2.24, 2.45) is 5.92 Å². The molecule has 1 unspecified atom stereocenters. The van der Waals surface area contributed by atoms with Crippen molar-refractivity contribution in [2.45, 2.75) is 6.42 Å². The van der Waals surface area contributed by atoms with Crippen LogP contribution in [0.4, 0.5) is 5.69 Å². The highest BCUT2D eigenvalue weighted by Crippen LogP contribution is 2.23. The molecule has 1 aromatic carbocycles. The third-order valence-corrected chi connectivity index (χ3v) is 3.39. The molecule has 5 heteroatoms. The maximum Gasteiger partial charge on any atom is 0.254 e. The maximum absolute atomic E-state index is 12.4. The van der Waals surface area contributed by atoms with Gasteiger partial charge in [0.25, 0.3) is 5.91 Å². The fourth-order valence-electron chi connectivity index (χ4n) is 2.43. The van der Waals surface area contributed by atoms with Gasteiger partial charge in [-0.25, -0.2) is 0 Å². The lowest BCUT2D eigenvalue weighted by molar-refractivity contribution is 0.0775. The number of hydrogen-bond acceptors (Lipinski definition) is 4. The number of benzene rings is 1. The molecular formula is C14H20N2O3. The quantitative estimate of drug-likeness (QED) is 0.835. The van der Waals surface area contributed by atoms with Crippen LogP contribution in [0.5, 0.6) is 5.75 Å². The highest BCUT2D eigenvalue weighted by atomic mass is 16.5. The summed E-state index contributed by atoms with van der Waals surface area (Å²) in [5, 5.41) is 0. The average Bonchev–Trinajstić information content (AvgIpc) is 2.86. The number of ether oxygens (including phenoxy) is 2. The molecule has 1 aliphatic rings. The van der Waals surface area contributed by atoms with Crippen LogP contribution in [-0.2, 0) is 4.74 Å². The molecule has 1 saturated heterocycles. The summed E-state index contributed by atoms with van der Waals surface area (Å²) in [5.41, 5.74) is 6.89. The van der Waals surface area contributed by atoms with Gasteiger partial charge in [0, 0.05) is 43.4 Å². The minimum absolute atomic E-state index is 0.00389. The van der Waals surface area contributed by atoms with Gasteiger partial charge in [-0.1, -0.05) is 0 Å². The van der Waals surface area contributed by atoms with E-state index in [1.165, 1.54) is 0 Å². The van der Waals surface area contributed by atoms with E-state index >= 15 is 0 Å². The first-order chi connectivity index (χ1) is 9.13. The number of likely N-dealkylation sites (tertiary alicyclic amines) is 1. The van der Waals surface area contributed by atoms with Gasteiger partial charge in [-0.2, -0.15) is 0 Å². The van der Waals surface area contributed by atoms with Crippen LogP contribution >= 0.6 is 0 Å². The summed E-state index contributed by atoms with van der Waals surface area (Å²) in [7, 11) is 3.25. The zero-order valence-electron chi connectivity index (χ0n) is 11.4. The summed E-state index contributed by atoms with van der Waals surface area (Å²) in [6.45, 7) is 2.21. The largest absolute Gasteiger partial charge is 0.497 e. The maximum atomic E-state index is 12.4. The summed E-state index contributed by atoms with van der Waals surface area (Å²) in [5.74, 6) is 1.04. The number of carbonyl (C=O) groups is 1. The number of rotatable bonds is 4. The van der Waals surface area contributed by atoms with Crippen molar-refractivity contribution in [1.82, 2.24) is 4.90 Å². The highest BCUT2D eigenvalue weighted by Gasteiger charge is 2.27. The number of nitrogen functional groups attached to an aromatic ring is 1. The number of hydrogen-bond donors (Lipinski definition) is 1. The summed E-state index contributed by atoms with van der Waals surface area (Å²) in [6, 6.07) is 5.12. The number of amides is 1. The normalized spacial score (nSPS) is 18.6. The lowest BCUT2D eigenvalue weighted by Crippen LogP contribution is -2.29. The van der Waals surface area contributed by atoms with E-state index in [0.29, 0.717) is 29.5 Å². The van der Waals surface area contributed by atoms with E-state index in [9.17, 15) is 4.79 Å². The Hall–Kier alpha value is -1.75. The Bertz CT molecular complexity index is 462. The minimum atomic E-state index is 0.00389. The van der Waals surface area contributed by atoms with Crippen molar-refractivity contribution in [3.63, 3.8) is 0 Å². The molecule has 1 heterocycles. The Balaban J connectivity index is 2.10. The number of nitrogens with zero attached hydrogens (tertiary/aromatic N) is 1. The predicted octanol–water partition coefficient (Wildman–Crippen LogP) is 1.39. The molecule has 1 amide bonds. The van der Waals surface area contributed by atoms with Gasteiger partial charge >= 0.3 is 0 Å². The molecule has 1 aliphatic heterocycles. The second kappa shape index (κ2) is 5.93. The first-order valence-corrected chi connectivity index (χ1v) is 6.36. The fourth-order valence-corrected chi connectivity index (χ4v) is 2.43. The zero-order valence-corrected chi connectivity index (χ0v) is 11.4. The molecule has 0 saturated carbocycles. The van der Waals surface area contributed by atoms with Crippen LogP contribution in [0, 0.1) is 5.92 Å².